The van der Waals surface area contributed by atoms with Gasteiger partial charge in [0.25, 0.3) is 0 Å². The fourth-order valence-corrected chi connectivity index (χ4v) is 5.55. The fraction of sp³-hybridized carbons (Fsp3) is 0.185. The van der Waals surface area contributed by atoms with Crippen molar-refractivity contribution in [3.63, 3.8) is 0 Å². The Balaban J connectivity index is 1.26. The summed E-state index contributed by atoms with van der Waals surface area (Å²) in [6.07, 6.45) is 1.70. The van der Waals surface area contributed by atoms with Crippen LogP contribution >= 0.6 is 23.4 Å². The summed E-state index contributed by atoms with van der Waals surface area (Å²) in [7, 11) is 0. The molecule has 2 aromatic carbocycles. The molecule has 9 heteroatoms. The van der Waals surface area contributed by atoms with Gasteiger partial charge in [-0.05, 0) is 48.5 Å². The molecule has 2 aromatic heterocycles. The smallest absolute Gasteiger partial charge is 0.250 e. The van der Waals surface area contributed by atoms with Crippen molar-refractivity contribution >= 4 is 34.7 Å². The van der Waals surface area contributed by atoms with E-state index in [1.807, 2.05) is 42.5 Å². The lowest BCUT2D eigenvalue weighted by Crippen LogP contribution is -2.36. The van der Waals surface area contributed by atoms with Crippen LogP contribution in [0.2, 0.25) is 5.02 Å². The first kappa shape index (κ1) is 23.0. The van der Waals surface area contributed by atoms with E-state index in [9.17, 15) is 4.79 Å². The standard InChI is InChI=1S/C27H23ClN4O3S/c28-17-6-7-29-19(12-17)16-30-18-4-5-23-25(13-18)36-24-3-1-2-21(27(24)35-23)22-14-20(15-26(33)31-22)32-8-10-34-11-9-32/h1-7,12-15,30H,8-11,16H2,(H,31,33). The fourth-order valence-electron chi connectivity index (χ4n) is 4.34. The first-order chi connectivity index (χ1) is 17.6. The number of aromatic nitrogens is 2. The van der Waals surface area contributed by atoms with E-state index in [-0.39, 0.29) is 5.56 Å². The van der Waals surface area contributed by atoms with Crippen molar-refractivity contribution in [3.8, 4) is 22.8 Å². The number of anilines is 2. The summed E-state index contributed by atoms with van der Waals surface area (Å²) in [6.45, 7) is 3.41. The highest BCUT2D eigenvalue weighted by Gasteiger charge is 2.23. The first-order valence-electron chi connectivity index (χ1n) is 11.7. The maximum Gasteiger partial charge on any atom is 0.250 e. The summed E-state index contributed by atoms with van der Waals surface area (Å²) < 4.78 is 11.8. The third-order valence-electron chi connectivity index (χ3n) is 6.10. The molecule has 182 valence electrons. The Labute approximate surface area is 217 Å². The minimum atomic E-state index is -0.139. The number of hydrogen-bond donors (Lipinski definition) is 2. The molecule has 4 heterocycles. The summed E-state index contributed by atoms with van der Waals surface area (Å²) in [5.74, 6) is 1.52. The zero-order valence-electron chi connectivity index (χ0n) is 19.3. The zero-order valence-corrected chi connectivity index (χ0v) is 20.9. The molecule has 7 nitrogen and oxygen atoms in total. The number of nitrogens with zero attached hydrogens (tertiary/aromatic N) is 2. The van der Waals surface area contributed by atoms with Crippen molar-refractivity contribution in [3.05, 3.63) is 87.9 Å². The van der Waals surface area contributed by atoms with Gasteiger partial charge < -0.3 is 24.7 Å². The van der Waals surface area contributed by atoms with Crippen LogP contribution in [-0.2, 0) is 11.3 Å². The van der Waals surface area contributed by atoms with Crippen LogP contribution in [0.4, 0.5) is 11.4 Å². The van der Waals surface area contributed by atoms with E-state index in [0.29, 0.717) is 24.8 Å². The molecular weight excluding hydrogens is 496 g/mol. The summed E-state index contributed by atoms with van der Waals surface area (Å²) in [4.78, 5) is 24.1. The van der Waals surface area contributed by atoms with E-state index in [1.54, 1.807) is 30.1 Å². The van der Waals surface area contributed by atoms with Gasteiger partial charge in [0.15, 0.2) is 5.75 Å². The Bertz CT molecular complexity index is 1490. The van der Waals surface area contributed by atoms with Gasteiger partial charge in [-0.1, -0.05) is 29.4 Å². The van der Waals surface area contributed by atoms with Crippen molar-refractivity contribution in [1.82, 2.24) is 9.97 Å². The second-order valence-corrected chi connectivity index (χ2v) is 10.1. The number of H-pyrrole nitrogens is 1. The van der Waals surface area contributed by atoms with E-state index < -0.39 is 0 Å². The number of nitrogens with one attached hydrogen (secondary N) is 2. The topological polar surface area (TPSA) is 79.5 Å². The highest BCUT2D eigenvalue weighted by molar-refractivity contribution is 7.99. The van der Waals surface area contributed by atoms with E-state index in [4.69, 9.17) is 21.1 Å². The Morgan fingerprint density at radius 3 is 2.81 bits per heavy atom. The van der Waals surface area contributed by atoms with Crippen LogP contribution < -0.4 is 20.5 Å². The monoisotopic (exact) mass is 518 g/mol. The van der Waals surface area contributed by atoms with Crippen LogP contribution in [0.1, 0.15) is 5.69 Å². The summed E-state index contributed by atoms with van der Waals surface area (Å²) in [5, 5.41) is 4.07. The molecule has 2 N–H and O–H groups in total. The molecule has 0 bridgehead atoms. The van der Waals surface area contributed by atoms with Gasteiger partial charge in [-0.25, -0.2) is 0 Å². The van der Waals surface area contributed by atoms with E-state index in [2.05, 4.69) is 26.3 Å². The highest BCUT2D eigenvalue weighted by Crippen LogP contribution is 2.51. The van der Waals surface area contributed by atoms with Crippen LogP contribution in [0.15, 0.2) is 81.4 Å². The lowest BCUT2D eigenvalue weighted by molar-refractivity contribution is 0.122. The number of pyridine rings is 2. The lowest BCUT2D eigenvalue weighted by Gasteiger charge is -2.29. The third kappa shape index (κ3) is 4.80. The van der Waals surface area contributed by atoms with Gasteiger partial charge in [0.1, 0.15) is 5.75 Å². The molecule has 6 rings (SSSR count). The molecule has 0 unspecified atom stereocenters. The predicted octanol–water partition coefficient (Wildman–Crippen LogP) is 5.80. The number of aromatic amines is 1. The van der Waals surface area contributed by atoms with Crippen molar-refractivity contribution in [2.75, 3.05) is 36.5 Å². The van der Waals surface area contributed by atoms with Crippen LogP contribution in [-0.4, -0.2) is 36.3 Å². The number of morpholine rings is 1. The number of fused-ring (bicyclic) bond motifs is 2. The number of benzene rings is 2. The molecule has 0 atom stereocenters. The number of para-hydroxylation sites is 1. The third-order valence-corrected chi connectivity index (χ3v) is 7.42. The molecule has 0 radical (unpaired) electrons. The van der Waals surface area contributed by atoms with Gasteiger partial charge in [-0.2, -0.15) is 0 Å². The van der Waals surface area contributed by atoms with Crippen LogP contribution in [0.3, 0.4) is 0 Å². The normalized spacial score (nSPS) is 14.5. The minimum absolute atomic E-state index is 0.139. The van der Waals surface area contributed by atoms with Gasteiger partial charge in [-0.15, -0.1) is 0 Å². The molecule has 0 aliphatic carbocycles. The molecule has 2 aliphatic heterocycles. The van der Waals surface area contributed by atoms with Gasteiger partial charge in [-0.3, -0.25) is 9.78 Å². The van der Waals surface area contributed by atoms with E-state index in [0.717, 1.165) is 62.7 Å². The molecular formula is C27H23ClN4O3S. The number of hydrogen-bond acceptors (Lipinski definition) is 7. The molecule has 36 heavy (non-hydrogen) atoms. The molecule has 0 amide bonds. The number of rotatable bonds is 5. The quantitative estimate of drug-likeness (QED) is 0.304. The SMILES string of the molecule is O=c1cc(N2CCOCC2)cc(-c2cccc3c2Oc2ccc(NCc4cc(Cl)ccn4)cc2S3)[nH]1. The molecule has 2 aliphatic rings. The molecule has 4 aromatic rings. The van der Waals surface area contributed by atoms with Gasteiger partial charge >= 0.3 is 0 Å². The largest absolute Gasteiger partial charge is 0.454 e. The molecule has 1 fully saturated rings. The van der Waals surface area contributed by atoms with Crippen LogP contribution in [0.25, 0.3) is 11.3 Å². The number of ether oxygens (including phenoxy) is 2. The Morgan fingerprint density at radius 1 is 1.06 bits per heavy atom. The number of halogens is 1. The maximum atomic E-state index is 12.5. The summed E-state index contributed by atoms with van der Waals surface area (Å²) in [6, 6.07) is 19.3. The average Bonchev–Trinajstić information content (AvgIpc) is 2.90. The van der Waals surface area contributed by atoms with Crippen molar-refractivity contribution in [2.24, 2.45) is 0 Å². The summed E-state index contributed by atoms with van der Waals surface area (Å²) >= 11 is 7.71. The van der Waals surface area contributed by atoms with Crippen LogP contribution in [0.5, 0.6) is 11.5 Å². The first-order valence-corrected chi connectivity index (χ1v) is 12.9. The zero-order chi connectivity index (χ0) is 24.5. The van der Waals surface area contributed by atoms with Crippen molar-refractivity contribution < 1.29 is 9.47 Å². The molecule has 0 saturated carbocycles. The highest BCUT2D eigenvalue weighted by atomic mass is 35.5. The summed E-state index contributed by atoms with van der Waals surface area (Å²) in [5.41, 5.74) is 4.18. The maximum absolute atomic E-state index is 12.5. The van der Waals surface area contributed by atoms with Gasteiger partial charge in [0, 0.05) is 47.3 Å². The second kappa shape index (κ2) is 9.89. The molecule has 1 saturated heterocycles. The predicted molar refractivity (Wildman–Crippen MR) is 143 cm³/mol. The molecule has 0 spiro atoms. The van der Waals surface area contributed by atoms with Crippen molar-refractivity contribution in [2.45, 2.75) is 16.3 Å². The van der Waals surface area contributed by atoms with Crippen LogP contribution in [0, 0.1) is 0 Å². The van der Waals surface area contributed by atoms with E-state index >= 15 is 0 Å². The Morgan fingerprint density at radius 2 is 1.94 bits per heavy atom. The Hall–Kier alpha value is -3.46. The van der Waals surface area contributed by atoms with E-state index in [1.165, 1.54) is 0 Å². The lowest BCUT2D eigenvalue weighted by atomic mass is 10.1. The average molecular weight is 519 g/mol. The minimum Gasteiger partial charge on any atom is -0.454 e. The van der Waals surface area contributed by atoms with Crippen molar-refractivity contribution in [1.29, 1.82) is 0 Å². The Kier molecular flexibility index (Phi) is 6.31. The van der Waals surface area contributed by atoms with Gasteiger partial charge in [0.05, 0.1) is 40.9 Å². The van der Waals surface area contributed by atoms with Gasteiger partial charge in [0.2, 0.25) is 5.56 Å². The second-order valence-electron chi connectivity index (χ2n) is 8.53.